The zero-order valence-corrected chi connectivity index (χ0v) is 19.5. The molecular weight excluding hydrogens is 418 g/mol. The number of amides is 2. The number of methoxy groups -OCH3 is 1. The number of piperidine rings is 1. The minimum absolute atomic E-state index is 0.0567. The van der Waals surface area contributed by atoms with Gasteiger partial charge in [0.2, 0.25) is 0 Å². The van der Waals surface area contributed by atoms with Gasteiger partial charge >= 0.3 is 6.03 Å². The van der Waals surface area contributed by atoms with E-state index in [0.717, 1.165) is 47.3 Å². The monoisotopic (exact) mass is 449 g/mol. The molecule has 2 amide bonds. The molecule has 8 heteroatoms. The summed E-state index contributed by atoms with van der Waals surface area (Å²) in [6.45, 7) is 5.97. The van der Waals surface area contributed by atoms with Crippen LogP contribution in [0.25, 0.3) is 16.8 Å². The third kappa shape index (κ3) is 4.09. The highest BCUT2D eigenvalue weighted by molar-refractivity contribution is 5.92. The highest BCUT2D eigenvalue weighted by atomic mass is 16.5. The molecule has 3 heterocycles. The van der Waals surface area contributed by atoms with E-state index in [1.807, 2.05) is 53.0 Å². The lowest BCUT2D eigenvalue weighted by Crippen LogP contribution is -2.74. The maximum atomic E-state index is 13.4. The van der Waals surface area contributed by atoms with Crippen molar-refractivity contribution >= 4 is 17.2 Å². The van der Waals surface area contributed by atoms with E-state index in [1.165, 1.54) is 0 Å². The van der Waals surface area contributed by atoms with E-state index in [1.54, 1.807) is 13.3 Å². The Hall–Kier alpha value is -2.97. The van der Waals surface area contributed by atoms with E-state index in [4.69, 9.17) is 9.47 Å². The Labute approximate surface area is 193 Å². The Morgan fingerprint density at radius 3 is 3.00 bits per heavy atom. The van der Waals surface area contributed by atoms with Gasteiger partial charge < -0.3 is 19.7 Å². The van der Waals surface area contributed by atoms with Crippen LogP contribution in [-0.4, -0.2) is 64.0 Å². The normalized spacial score (nSPS) is 24.0. The fourth-order valence-electron chi connectivity index (χ4n) is 5.56. The number of anilines is 1. The third-order valence-corrected chi connectivity index (χ3v) is 6.96. The molecule has 5 rings (SSSR count). The molecule has 1 saturated heterocycles. The van der Waals surface area contributed by atoms with Crippen molar-refractivity contribution in [2.75, 3.05) is 32.2 Å². The zero-order chi connectivity index (χ0) is 23.0. The maximum Gasteiger partial charge on any atom is 0.322 e. The van der Waals surface area contributed by atoms with Crippen molar-refractivity contribution in [3.63, 3.8) is 0 Å². The molecule has 1 aromatic carbocycles. The van der Waals surface area contributed by atoms with E-state index in [9.17, 15) is 4.79 Å². The van der Waals surface area contributed by atoms with Gasteiger partial charge in [0.05, 0.1) is 55.2 Å². The molecule has 1 aliphatic heterocycles. The summed E-state index contributed by atoms with van der Waals surface area (Å²) in [5, 5.41) is 7.45. The molecule has 174 valence electrons. The van der Waals surface area contributed by atoms with E-state index in [0.29, 0.717) is 25.7 Å². The molecule has 2 unspecified atom stereocenters. The van der Waals surface area contributed by atoms with Gasteiger partial charge in [-0.2, -0.15) is 5.10 Å². The Morgan fingerprint density at radius 1 is 1.27 bits per heavy atom. The molecule has 3 atom stereocenters. The summed E-state index contributed by atoms with van der Waals surface area (Å²) in [5.74, 6) is 0.591. The van der Waals surface area contributed by atoms with Crippen LogP contribution in [0.4, 0.5) is 10.5 Å². The lowest BCUT2D eigenvalue weighted by Gasteiger charge is -2.63. The number of aromatic nitrogens is 3. The number of hydrogen-bond acceptors (Lipinski definition) is 5. The SMILES string of the molecule is COCCOCC12CC(C[C@H](C)C1)N2C(=O)Nc1ccc(C)c(-c2cn3nccc3cn2)c1. The van der Waals surface area contributed by atoms with Gasteiger partial charge in [-0.25, -0.2) is 9.31 Å². The lowest BCUT2D eigenvalue weighted by atomic mass is 9.65. The molecule has 0 spiro atoms. The number of aryl methyl sites for hydroxylation is 1. The molecule has 2 bridgehead atoms. The van der Waals surface area contributed by atoms with E-state index in [2.05, 4.69) is 22.3 Å². The smallest absolute Gasteiger partial charge is 0.322 e. The second kappa shape index (κ2) is 8.76. The Morgan fingerprint density at radius 2 is 2.15 bits per heavy atom. The van der Waals surface area contributed by atoms with Crippen LogP contribution in [0.2, 0.25) is 0 Å². The summed E-state index contributed by atoms with van der Waals surface area (Å²) >= 11 is 0. The van der Waals surface area contributed by atoms with Gasteiger partial charge in [-0.05, 0) is 55.9 Å². The van der Waals surface area contributed by atoms with Crippen molar-refractivity contribution in [3.8, 4) is 11.3 Å². The van der Waals surface area contributed by atoms with Crippen molar-refractivity contribution < 1.29 is 14.3 Å². The molecule has 1 aliphatic carbocycles. The first-order chi connectivity index (χ1) is 16.0. The highest BCUT2D eigenvalue weighted by Crippen LogP contribution is 2.50. The van der Waals surface area contributed by atoms with Crippen molar-refractivity contribution in [3.05, 3.63) is 48.4 Å². The van der Waals surface area contributed by atoms with Crippen molar-refractivity contribution in [1.82, 2.24) is 19.5 Å². The average Bonchev–Trinajstić information content (AvgIpc) is 3.25. The molecule has 2 aliphatic rings. The molecule has 33 heavy (non-hydrogen) atoms. The van der Waals surface area contributed by atoms with Gasteiger partial charge in [0.1, 0.15) is 0 Å². The van der Waals surface area contributed by atoms with Gasteiger partial charge in [-0.1, -0.05) is 13.0 Å². The van der Waals surface area contributed by atoms with E-state index in [-0.39, 0.29) is 17.6 Å². The van der Waals surface area contributed by atoms with Gasteiger partial charge in [0, 0.05) is 24.4 Å². The van der Waals surface area contributed by atoms with E-state index < -0.39 is 0 Å². The predicted octanol–water partition coefficient (Wildman–Crippen LogP) is 4.14. The summed E-state index contributed by atoms with van der Waals surface area (Å²) in [5.41, 5.74) is 4.36. The minimum Gasteiger partial charge on any atom is -0.382 e. The van der Waals surface area contributed by atoms with Gasteiger partial charge in [0.15, 0.2) is 0 Å². The lowest BCUT2D eigenvalue weighted by molar-refractivity contribution is -0.131. The summed E-state index contributed by atoms with van der Waals surface area (Å²) in [6.07, 6.45) is 8.49. The molecule has 1 saturated carbocycles. The fraction of sp³-hybridized carbons (Fsp3) is 0.480. The summed E-state index contributed by atoms with van der Waals surface area (Å²) in [7, 11) is 1.67. The molecule has 0 radical (unpaired) electrons. The minimum atomic E-state index is -0.222. The molecule has 2 fully saturated rings. The molecule has 1 N–H and O–H groups in total. The number of carbonyl (C=O) groups excluding carboxylic acids is 1. The topological polar surface area (TPSA) is 81.0 Å². The number of nitrogens with one attached hydrogen (secondary N) is 1. The van der Waals surface area contributed by atoms with Crippen molar-refractivity contribution in [2.24, 2.45) is 5.92 Å². The summed E-state index contributed by atoms with van der Waals surface area (Å²) in [6, 6.07) is 8.09. The first kappa shape index (κ1) is 21.9. The van der Waals surface area contributed by atoms with Crippen LogP contribution in [-0.2, 0) is 9.47 Å². The van der Waals surface area contributed by atoms with Gasteiger partial charge in [0.25, 0.3) is 0 Å². The summed E-state index contributed by atoms with van der Waals surface area (Å²) < 4.78 is 12.8. The van der Waals surface area contributed by atoms with Crippen LogP contribution in [0.15, 0.2) is 42.9 Å². The summed E-state index contributed by atoms with van der Waals surface area (Å²) in [4.78, 5) is 20.0. The number of carbonyl (C=O) groups is 1. The molecule has 3 aromatic rings. The number of benzene rings is 1. The number of hydrogen-bond donors (Lipinski definition) is 1. The quantitative estimate of drug-likeness (QED) is 0.548. The standard InChI is InChI=1S/C25H31N5O3/c1-17-10-21-13-25(12-17,16-33-9-8-32-3)30(21)24(31)28-19-5-4-18(2)22(11-19)23-15-29-20(14-26-23)6-7-27-29/h4-7,11,14-15,17,21H,8-10,12-13,16H2,1-3H3,(H,28,31)/t17-,21?,25?/m0/s1. The second-order valence-corrected chi connectivity index (χ2v) is 9.48. The second-order valence-electron chi connectivity index (χ2n) is 9.48. The third-order valence-electron chi connectivity index (χ3n) is 6.96. The van der Waals surface area contributed by atoms with Gasteiger partial charge in [-0.3, -0.25) is 4.98 Å². The Balaban J connectivity index is 1.34. The Kier molecular flexibility index (Phi) is 5.80. The fourth-order valence-corrected chi connectivity index (χ4v) is 5.56. The first-order valence-corrected chi connectivity index (χ1v) is 11.6. The predicted molar refractivity (Wildman–Crippen MR) is 126 cm³/mol. The molecule has 8 nitrogen and oxygen atoms in total. The van der Waals surface area contributed by atoms with Crippen LogP contribution >= 0.6 is 0 Å². The van der Waals surface area contributed by atoms with E-state index >= 15 is 0 Å². The van der Waals surface area contributed by atoms with Crippen LogP contribution < -0.4 is 5.32 Å². The largest absolute Gasteiger partial charge is 0.382 e. The van der Waals surface area contributed by atoms with Crippen LogP contribution in [0.1, 0.15) is 31.7 Å². The number of ether oxygens (including phenoxy) is 2. The number of likely N-dealkylation sites (tertiary alicyclic amines) is 1. The highest BCUT2D eigenvalue weighted by Gasteiger charge is 2.58. The van der Waals surface area contributed by atoms with Crippen LogP contribution in [0.3, 0.4) is 0 Å². The average molecular weight is 450 g/mol. The van der Waals surface area contributed by atoms with Crippen molar-refractivity contribution in [2.45, 2.75) is 44.7 Å². The maximum absolute atomic E-state index is 13.4. The molecular formula is C25H31N5O3. The molecule has 2 aromatic heterocycles. The van der Waals surface area contributed by atoms with Crippen molar-refractivity contribution in [1.29, 1.82) is 0 Å². The number of nitrogens with zero attached hydrogens (tertiary/aromatic N) is 4. The van der Waals surface area contributed by atoms with Gasteiger partial charge in [-0.15, -0.1) is 0 Å². The number of rotatable bonds is 7. The first-order valence-electron chi connectivity index (χ1n) is 11.6. The van der Waals surface area contributed by atoms with Crippen LogP contribution in [0, 0.1) is 12.8 Å². The zero-order valence-electron chi connectivity index (χ0n) is 19.5. The van der Waals surface area contributed by atoms with Crippen LogP contribution in [0.5, 0.6) is 0 Å². The Bertz CT molecular complexity index is 1160. The number of urea groups is 1. The number of fused-ring (bicyclic) bond motifs is 3.